The Morgan fingerprint density at radius 1 is 0.926 bits per heavy atom. The molecule has 0 unspecified atom stereocenters. The molecule has 27 heavy (non-hydrogen) atoms. The second-order valence-corrected chi connectivity index (χ2v) is 12.2. The molecule has 0 aliphatic carbocycles. The van der Waals surface area contributed by atoms with E-state index in [-0.39, 0.29) is 24.5 Å². The minimum absolute atomic E-state index is 0.0102. The summed E-state index contributed by atoms with van der Waals surface area (Å²) in [5.74, 6) is 0. The first-order valence-corrected chi connectivity index (χ1v) is 11.2. The zero-order valence-electron chi connectivity index (χ0n) is 16.3. The van der Waals surface area contributed by atoms with Gasteiger partial charge in [-0.1, -0.05) is 81.4 Å². The van der Waals surface area contributed by atoms with E-state index in [1.165, 1.54) is 0 Å². The van der Waals surface area contributed by atoms with Crippen molar-refractivity contribution in [1.82, 2.24) is 0 Å². The Labute approximate surface area is 163 Å². The third-order valence-electron chi connectivity index (χ3n) is 4.78. The highest BCUT2D eigenvalue weighted by Crippen LogP contribution is 2.36. The molecule has 0 aromatic heterocycles. The highest BCUT2D eigenvalue weighted by Gasteiger charge is 2.50. The molecule has 0 bridgehead atoms. The molecule has 2 aromatic rings. The van der Waals surface area contributed by atoms with Crippen LogP contribution in [0.1, 0.15) is 33.6 Å². The van der Waals surface area contributed by atoms with Crippen LogP contribution in [0.15, 0.2) is 60.7 Å². The Hall–Kier alpha value is -1.97. The molecule has 0 spiro atoms. The van der Waals surface area contributed by atoms with Crippen LogP contribution in [0.2, 0.25) is 5.04 Å². The minimum atomic E-state index is -2.69. The van der Waals surface area contributed by atoms with Gasteiger partial charge in [-0.05, 0) is 15.4 Å². The fourth-order valence-electron chi connectivity index (χ4n) is 3.55. The number of hydrogen-bond acceptors (Lipinski definition) is 4. The quantitative estimate of drug-likeness (QED) is 0.687. The van der Waals surface area contributed by atoms with Gasteiger partial charge in [0.1, 0.15) is 0 Å². The summed E-state index contributed by atoms with van der Waals surface area (Å²) in [6.45, 7) is 6.65. The molecule has 0 aliphatic heterocycles. The van der Waals surface area contributed by atoms with Crippen LogP contribution in [-0.4, -0.2) is 37.3 Å². The zero-order chi connectivity index (χ0) is 19.9. The van der Waals surface area contributed by atoms with Crippen LogP contribution in [0.25, 0.3) is 0 Å². The first-order chi connectivity index (χ1) is 12.8. The van der Waals surface area contributed by atoms with Crippen molar-refractivity contribution in [3.8, 4) is 6.07 Å². The largest absolute Gasteiger partial charge is 0.405 e. The molecule has 144 valence electrons. The van der Waals surface area contributed by atoms with Crippen molar-refractivity contribution in [1.29, 1.82) is 5.26 Å². The molecule has 2 rings (SSSR count). The fraction of sp³-hybridized carbons (Fsp3) is 0.409. The summed E-state index contributed by atoms with van der Waals surface area (Å²) in [7, 11) is -2.69. The minimum Gasteiger partial charge on any atom is -0.405 e. The molecule has 0 radical (unpaired) electrons. The molecule has 5 heteroatoms. The maximum atomic E-state index is 10.4. The second kappa shape index (κ2) is 9.29. The van der Waals surface area contributed by atoms with Gasteiger partial charge in [0.25, 0.3) is 8.32 Å². The third kappa shape index (κ3) is 5.05. The summed E-state index contributed by atoms with van der Waals surface area (Å²) >= 11 is 0. The Balaban J connectivity index is 2.40. The van der Waals surface area contributed by atoms with Crippen molar-refractivity contribution in [2.75, 3.05) is 6.61 Å². The number of hydrogen-bond donors (Lipinski definition) is 2. The van der Waals surface area contributed by atoms with Crippen LogP contribution in [-0.2, 0) is 4.43 Å². The molecular formula is C22H29NO3Si. The van der Waals surface area contributed by atoms with Crippen molar-refractivity contribution in [2.45, 2.75) is 50.9 Å². The third-order valence-corrected chi connectivity index (χ3v) is 9.78. The monoisotopic (exact) mass is 383 g/mol. The first-order valence-electron chi connectivity index (χ1n) is 9.29. The topological polar surface area (TPSA) is 73.5 Å². The molecule has 0 amide bonds. The van der Waals surface area contributed by atoms with E-state index in [1.54, 1.807) is 0 Å². The van der Waals surface area contributed by atoms with Crippen LogP contribution in [0.4, 0.5) is 0 Å². The summed E-state index contributed by atoms with van der Waals surface area (Å²) in [4.78, 5) is 0. The van der Waals surface area contributed by atoms with E-state index in [2.05, 4.69) is 45.0 Å². The van der Waals surface area contributed by atoms with Gasteiger partial charge in [-0.15, -0.1) is 0 Å². The van der Waals surface area contributed by atoms with Crippen LogP contribution < -0.4 is 10.4 Å². The predicted molar refractivity (Wildman–Crippen MR) is 110 cm³/mol. The molecule has 4 nitrogen and oxygen atoms in total. The normalized spacial score (nSPS) is 14.4. The molecule has 0 saturated carbocycles. The number of rotatable bonds is 8. The van der Waals surface area contributed by atoms with Gasteiger partial charge in [-0.2, -0.15) is 5.26 Å². The van der Waals surface area contributed by atoms with Gasteiger partial charge in [-0.3, -0.25) is 0 Å². The van der Waals surface area contributed by atoms with E-state index in [1.807, 2.05) is 42.5 Å². The Bertz CT molecular complexity index is 698. The Morgan fingerprint density at radius 3 is 1.81 bits per heavy atom. The summed E-state index contributed by atoms with van der Waals surface area (Å²) in [5.41, 5.74) is 0. The molecule has 2 N–H and O–H groups in total. The SMILES string of the molecule is CC(C)(C)[Si](OC[C@@H](O)C[C@@H](O)CC#N)(c1ccccc1)c1ccccc1. The van der Waals surface area contributed by atoms with E-state index in [9.17, 15) is 10.2 Å². The zero-order valence-corrected chi connectivity index (χ0v) is 17.3. The lowest BCUT2D eigenvalue weighted by Crippen LogP contribution is -2.67. The van der Waals surface area contributed by atoms with E-state index < -0.39 is 20.5 Å². The second-order valence-electron chi connectivity index (χ2n) is 7.88. The summed E-state index contributed by atoms with van der Waals surface area (Å²) in [6, 6.07) is 22.4. The molecule has 0 saturated heterocycles. The van der Waals surface area contributed by atoms with Gasteiger partial charge >= 0.3 is 0 Å². The van der Waals surface area contributed by atoms with Gasteiger partial charge in [0.2, 0.25) is 0 Å². The van der Waals surface area contributed by atoms with E-state index in [0.29, 0.717) is 0 Å². The Kier molecular flexibility index (Phi) is 7.34. The van der Waals surface area contributed by atoms with Crippen molar-refractivity contribution in [2.24, 2.45) is 0 Å². The van der Waals surface area contributed by atoms with Crippen molar-refractivity contribution in [3.05, 3.63) is 60.7 Å². The smallest absolute Gasteiger partial charge is 0.261 e. The number of nitrogens with zero attached hydrogens (tertiary/aromatic N) is 1. The van der Waals surface area contributed by atoms with Gasteiger partial charge in [0.15, 0.2) is 0 Å². The maximum absolute atomic E-state index is 10.4. The van der Waals surface area contributed by atoms with E-state index in [0.717, 1.165) is 10.4 Å². The lowest BCUT2D eigenvalue weighted by molar-refractivity contribution is 0.0480. The summed E-state index contributed by atoms with van der Waals surface area (Å²) < 4.78 is 6.60. The molecule has 2 atom stereocenters. The van der Waals surface area contributed by atoms with Crippen LogP contribution >= 0.6 is 0 Å². The average Bonchev–Trinajstić information content (AvgIpc) is 2.63. The summed E-state index contributed by atoms with van der Waals surface area (Å²) in [6.07, 6.45) is -1.52. The first kappa shape index (κ1) is 21.3. The van der Waals surface area contributed by atoms with Crippen molar-refractivity contribution < 1.29 is 14.6 Å². The van der Waals surface area contributed by atoms with Crippen LogP contribution in [0.5, 0.6) is 0 Å². The lowest BCUT2D eigenvalue weighted by Gasteiger charge is -2.43. The molecule has 0 heterocycles. The molecule has 0 aliphatic rings. The van der Waals surface area contributed by atoms with Crippen molar-refractivity contribution >= 4 is 18.7 Å². The van der Waals surface area contributed by atoms with Crippen LogP contribution in [0.3, 0.4) is 0 Å². The average molecular weight is 384 g/mol. The van der Waals surface area contributed by atoms with E-state index in [4.69, 9.17) is 9.69 Å². The van der Waals surface area contributed by atoms with E-state index >= 15 is 0 Å². The number of aliphatic hydroxyl groups is 2. The number of aliphatic hydroxyl groups excluding tert-OH is 2. The fourth-order valence-corrected chi connectivity index (χ4v) is 8.15. The van der Waals surface area contributed by atoms with Gasteiger partial charge in [0.05, 0.1) is 31.3 Å². The van der Waals surface area contributed by atoms with Crippen molar-refractivity contribution in [3.63, 3.8) is 0 Å². The summed E-state index contributed by atoms with van der Waals surface area (Å²) in [5, 5.41) is 31.0. The van der Waals surface area contributed by atoms with Crippen LogP contribution in [0, 0.1) is 11.3 Å². The molecule has 0 fully saturated rings. The highest BCUT2D eigenvalue weighted by molar-refractivity contribution is 6.99. The predicted octanol–water partition coefficient (Wildman–Crippen LogP) is 2.59. The standard InChI is InChI=1S/C22H29NO3Si/c1-22(2,3)27(20-10-6-4-7-11-20,21-12-8-5-9-13-21)26-17-19(25)16-18(24)14-15-23/h4-13,18-19,24-25H,14,16-17H2,1-3H3/t18-,19-/m0/s1. The van der Waals surface area contributed by atoms with Gasteiger partial charge in [0, 0.05) is 6.42 Å². The van der Waals surface area contributed by atoms with Gasteiger partial charge in [-0.25, -0.2) is 0 Å². The number of nitriles is 1. The number of benzene rings is 2. The molecule has 2 aromatic carbocycles. The van der Waals surface area contributed by atoms with Gasteiger partial charge < -0.3 is 14.6 Å². The highest BCUT2D eigenvalue weighted by atomic mass is 28.4. The maximum Gasteiger partial charge on any atom is 0.261 e. The lowest BCUT2D eigenvalue weighted by atomic mass is 10.1. The molecular weight excluding hydrogens is 354 g/mol. The Morgan fingerprint density at radius 2 is 1.41 bits per heavy atom.